The summed E-state index contributed by atoms with van der Waals surface area (Å²) in [5.41, 5.74) is 1.37. The molecule has 0 saturated carbocycles. The fraction of sp³-hybridized carbons (Fsp3) is 0.0714. The number of nitrogens with one attached hydrogen (secondary N) is 1. The number of phenols is 2. The second kappa shape index (κ2) is 5.23. The van der Waals surface area contributed by atoms with Crippen LogP contribution in [-0.2, 0) is 11.2 Å². The third-order valence-corrected chi connectivity index (χ3v) is 2.43. The van der Waals surface area contributed by atoms with Gasteiger partial charge in [-0.15, -0.1) is 0 Å². The fourth-order valence-electron chi connectivity index (χ4n) is 1.59. The van der Waals surface area contributed by atoms with Gasteiger partial charge in [-0.1, -0.05) is 18.2 Å². The smallest absolute Gasteiger partial charge is 0.228 e. The Morgan fingerprint density at radius 1 is 1.00 bits per heavy atom. The van der Waals surface area contributed by atoms with Crippen molar-refractivity contribution >= 4 is 11.6 Å². The molecule has 0 saturated heterocycles. The van der Waals surface area contributed by atoms with Crippen LogP contribution >= 0.6 is 0 Å². The van der Waals surface area contributed by atoms with Crippen LogP contribution in [0.4, 0.5) is 5.69 Å². The predicted octanol–water partition coefficient (Wildman–Crippen LogP) is 2.28. The molecule has 1 amide bonds. The third-order valence-electron chi connectivity index (χ3n) is 2.43. The van der Waals surface area contributed by atoms with Gasteiger partial charge in [0, 0.05) is 11.8 Å². The number of carbonyl (C=O) groups excluding carboxylic acids is 1. The molecule has 0 fully saturated rings. The first-order valence-corrected chi connectivity index (χ1v) is 5.50. The zero-order valence-corrected chi connectivity index (χ0v) is 9.63. The molecule has 0 aliphatic carbocycles. The van der Waals surface area contributed by atoms with Crippen molar-refractivity contribution in [2.75, 3.05) is 5.32 Å². The SMILES string of the molecule is O=C(Cc1ccc(O)cc1)Nc1cccc(O)c1. The van der Waals surface area contributed by atoms with Crippen molar-refractivity contribution < 1.29 is 15.0 Å². The van der Waals surface area contributed by atoms with Crippen LogP contribution in [-0.4, -0.2) is 16.1 Å². The van der Waals surface area contributed by atoms with Gasteiger partial charge in [0.05, 0.1) is 6.42 Å². The van der Waals surface area contributed by atoms with Crippen molar-refractivity contribution in [2.24, 2.45) is 0 Å². The highest BCUT2D eigenvalue weighted by atomic mass is 16.3. The number of hydrogen-bond donors (Lipinski definition) is 3. The minimum Gasteiger partial charge on any atom is -0.508 e. The van der Waals surface area contributed by atoms with Gasteiger partial charge in [-0.3, -0.25) is 4.79 Å². The zero-order valence-electron chi connectivity index (χ0n) is 9.63. The number of hydrogen-bond acceptors (Lipinski definition) is 3. The maximum atomic E-state index is 11.7. The largest absolute Gasteiger partial charge is 0.508 e. The lowest BCUT2D eigenvalue weighted by Gasteiger charge is -2.05. The molecule has 0 heterocycles. The molecular weight excluding hydrogens is 230 g/mol. The van der Waals surface area contributed by atoms with Crippen LogP contribution in [0.25, 0.3) is 0 Å². The molecule has 0 unspecified atom stereocenters. The minimum absolute atomic E-state index is 0.109. The van der Waals surface area contributed by atoms with Crippen LogP contribution in [0.1, 0.15) is 5.56 Å². The Balaban J connectivity index is 1.98. The number of anilines is 1. The van der Waals surface area contributed by atoms with Gasteiger partial charge in [0.15, 0.2) is 0 Å². The molecule has 0 spiro atoms. The van der Waals surface area contributed by atoms with E-state index < -0.39 is 0 Å². The molecule has 92 valence electrons. The minimum atomic E-state index is -0.175. The molecular formula is C14H13NO3. The number of benzene rings is 2. The van der Waals surface area contributed by atoms with E-state index in [4.69, 9.17) is 5.11 Å². The monoisotopic (exact) mass is 243 g/mol. The van der Waals surface area contributed by atoms with Crippen molar-refractivity contribution in [1.29, 1.82) is 0 Å². The molecule has 0 bridgehead atoms. The Labute approximate surface area is 105 Å². The molecule has 18 heavy (non-hydrogen) atoms. The lowest BCUT2D eigenvalue weighted by molar-refractivity contribution is -0.115. The van der Waals surface area contributed by atoms with E-state index in [9.17, 15) is 9.90 Å². The van der Waals surface area contributed by atoms with Gasteiger partial charge in [0.2, 0.25) is 5.91 Å². The zero-order chi connectivity index (χ0) is 13.0. The fourth-order valence-corrected chi connectivity index (χ4v) is 1.59. The Kier molecular flexibility index (Phi) is 3.48. The summed E-state index contributed by atoms with van der Waals surface area (Å²) in [7, 11) is 0. The lowest BCUT2D eigenvalue weighted by atomic mass is 10.1. The van der Waals surface area contributed by atoms with Crippen LogP contribution < -0.4 is 5.32 Å². The number of amides is 1. The third kappa shape index (κ3) is 3.25. The molecule has 2 rings (SSSR count). The highest BCUT2D eigenvalue weighted by Gasteiger charge is 2.04. The first-order valence-electron chi connectivity index (χ1n) is 5.50. The van der Waals surface area contributed by atoms with E-state index in [2.05, 4.69) is 5.32 Å². The van der Waals surface area contributed by atoms with Gasteiger partial charge < -0.3 is 15.5 Å². The van der Waals surface area contributed by atoms with Gasteiger partial charge in [-0.25, -0.2) is 0 Å². The molecule has 0 aromatic heterocycles. The predicted molar refractivity (Wildman–Crippen MR) is 68.5 cm³/mol. The molecule has 4 heteroatoms. The molecule has 4 nitrogen and oxygen atoms in total. The molecule has 0 aliphatic heterocycles. The second-order valence-electron chi connectivity index (χ2n) is 3.94. The highest BCUT2D eigenvalue weighted by Crippen LogP contribution is 2.16. The summed E-state index contributed by atoms with van der Waals surface area (Å²) in [6.45, 7) is 0. The van der Waals surface area contributed by atoms with E-state index in [0.29, 0.717) is 5.69 Å². The first-order chi connectivity index (χ1) is 8.63. The summed E-state index contributed by atoms with van der Waals surface area (Å²) in [6.07, 6.45) is 0.218. The topological polar surface area (TPSA) is 69.6 Å². The first kappa shape index (κ1) is 12.0. The van der Waals surface area contributed by atoms with Crippen molar-refractivity contribution in [3.8, 4) is 11.5 Å². The van der Waals surface area contributed by atoms with E-state index >= 15 is 0 Å². The van der Waals surface area contributed by atoms with Gasteiger partial charge in [0.25, 0.3) is 0 Å². The normalized spacial score (nSPS) is 10.0. The molecule has 2 aromatic rings. The van der Waals surface area contributed by atoms with Crippen molar-refractivity contribution in [3.63, 3.8) is 0 Å². The lowest BCUT2D eigenvalue weighted by Crippen LogP contribution is -2.14. The van der Waals surface area contributed by atoms with Crippen LogP contribution in [0.15, 0.2) is 48.5 Å². The molecule has 0 atom stereocenters. The van der Waals surface area contributed by atoms with Crippen molar-refractivity contribution in [3.05, 3.63) is 54.1 Å². The summed E-state index contributed by atoms with van der Waals surface area (Å²) in [4.78, 5) is 11.7. The average Bonchev–Trinajstić information content (AvgIpc) is 2.32. The Bertz CT molecular complexity index is 549. The summed E-state index contributed by atoms with van der Waals surface area (Å²) >= 11 is 0. The van der Waals surface area contributed by atoms with E-state index in [1.54, 1.807) is 24.3 Å². The standard InChI is InChI=1S/C14H13NO3/c16-12-6-4-10(5-7-12)8-14(18)15-11-2-1-3-13(17)9-11/h1-7,9,16-17H,8H2,(H,15,18). The Morgan fingerprint density at radius 3 is 2.39 bits per heavy atom. The van der Waals surface area contributed by atoms with Crippen molar-refractivity contribution in [1.82, 2.24) is 0 Å². The van der Waals surface area contributed by atoms with Gasteiger partial charge >= 0.3 is 0 Å². The van der Waals surface area contributed by atoms with E-state index in [1.165, 1.54) is 24.3 Å². The van der Waals surface area contributed by atoms with Gasteiger partial charge in [0.1, 0.15) is 11.5 Å². The molecule has 0 aliphatic rings. The summed E-state index contributed by atoms with van der Waals surface area (Å²) in [5, 5.41) is 21.1. The molecule has 2 aromatic carbocycles. The van der Waals surface area contributed by atoms with E-state index in [0.717, 1.165) is 5.56 Å². The van der Waals surface area contributed by atoms with Gasteiger partial charge in [-0.05, 0) is 29.8 Å². The maximum absolute atomic E-state index is 11.7. The summed E-state index contributed by atoms with van der Waals surface area (Å²) in [5.74, 6) is 0.107. The maximum Gasteiger partial charge on any atom is 0.228 e. The number of carbonyl (C=O) groups is 1. The number of aromatic hydroxyl groups is 2. The number of phenolic OH excluding ortho intramolecular Hbond substituents is 2. The van der Waals surface area contributed by atoms with Crippen LogP contribution in [0.5, 0.6) is 11.5 Å². The highest BCUT2D eigenvalue weighted by molar-refractivity contribution is 5.92. The Morgan fingerprint density at radius 2 is 1.72 bits per heavy atom. The second-order valence-corrected chi connectivity index (χ2v) is 3.94. The average molecular weight is 243 g/mol. The van der Waals surface area contributed by atoms with Crippen LogP contribution in [0.2, 0.25) is 0 Å². The Hall–Kier alpha value is -2.49. The number of rotatable bonds is 3. The van der Waals surface area contributed by atoms with Crippen LogP contribution in [0, 0.1) is 0 Å². The summed E-state index contributed by atoms with van der Waals surface area (Å²) < 4.78 is 0. The van der Waals surface area contributed by atoms with E-state index in [-0.39, 0.29) is 23.8 Å². The van der Waals surface area contributed by atoms with Gasteiger partial charge in [-0.2, -0.15) is 0 Å². The van der Waals surface area contributed by atoms with Crippen molar-refractivity contribution in [2.45, 2.75) is 6.42 Å². The molecule has 3 N–H and O–H groups in total. The summed E-state index contributed by atoms with van der Waals surface area (Å²) in [6, 6.07) is 12.8. The quantitative estimate of drug-likeness (QED) is 0.774. The van der Waals surface area contributed by atoms with E-state index in [1.807, 2.05) is 0 Å². The van der Waals surface area contributed by atoms with Crippen LogP contribution in [0.3, 0.4) is 0 Å². The molecule has 0 radical (unpaired) electrons.